The number of benzene rings is 1. The molecule has 2 heterocycles. The number of nitrogens with zero attached hydrogens (tertiary/aromatic N) is 1. The standard InChI is InChI=1S/C18H24N2O3S/c1-3-10-23-18-8-4-14(5-9-18)13-19-15-11-16-6-7-17(12-15)20(16)24(2,21)22/h1,4-5,8-9,15-17,19H,6-7,10-13H2,2H3. The summed E-state index contributed by atoms with van der Waals surface area (Å²) in [6.45, 7) is 1.05. The molecule has 2 aliphatic rings. The minimum atomic E-state index is -3.09. The number of terminal acetylenes is 1. The van der Waals surface area contributed by atoms with Gasteiger partial charge in [0.15, 0.2) is 0 Å². The fraction of sp³-hybridized carbons (Fsp3) is 0.556. The molecule has 5 nitrogen and oxygen atoms in total. The molecule has 2 atom stereocenters. The molecule has 1 N–H and O–H groups in total. The molecular formula is C18H24N2O3S. The zero-order chi connectivity index (χ0) is 17.2. The van der Waals surface area contributed by atoms with Gasteiger partial charge in [-0.3, -0.25) is 0 Å². The summed E-state index contributed by atoms with van der Waals surface area (Å²) in [5.74, 6) is 3.22. The molecule has 2 saturated heterocycles. The second kappa shape index (κ2) is 7.14. The lowest BCUT2D eigenvalue weighted by Gasteiger charge is -2.37. The van der Waals surface area contributed by atoms with Crippen LogP contribution in [0.1, 0.15) is 31.2 Å². The highest BCUT2D eigenvalue weighted by Crippen LogP contribution is 2.37. The maximum atomic E-state index is 11.9. The third-order valence-corrected chi connectivity index (χ3v) is 6.25. The van der Waals surface area contributed by atoms with E-state index in [-0.39, 0.29) is 18.7 Å². The quantitative estimate of drug-likeness (QED) is 0.796. The smallest absolute Gasteiger partial charge is 0.211 e. The van der Waals surface area contributed by atoms with Gasteiger partial charge < -0.3 is 10.1 Å². The second-order valence-electron chi connectivity index (χ2n) is 6.66. The summed E-state index contributed by atoms with van der Waals surface area (Å²) in [6, 6.07) is 8.59. The highest BCUT2D eigenvalue weighted by molar-refractivity contribution is 7.88. The number of fused-ring (bicyclic) bond motifs is 2. The molecule has 0 aromatic heterocycles. The minimum Gasteiger partial charge on any atom is -0.481 e. The van der Waals surface area contributed by atoms with Crippen molar-refractivity contribution >= 4 is 10.0 Å². The van der Waals surface area contributed by atoms with Gasteiger partial charge in [0.25, 0.3) is 0 Å². The molecule has 6 heteroatoms. The second-order valence-corrected chi connectivity index (χ2v) is 8.55. The first-order valence-corrected chi connectivity index (χ1v) is 10.2. The van der Waals surface area contributed by atoms with Gasteiger partial charge in [-0.1, -0.05) is 18.1 Å². The van der Waals surface area contributed by atoms with Gasteiger partial charge in [0.05, 0.1) is 6.26 Å². The predicted molar refractivity (Wildman–Crippen MR) is 94.1 cm³/mol. The number of piperidine rings is 1. The van der Waals surface area contributed by atoms with Crippen molar-refractivity contribution in [2.24, 2.45) is 0 Å². The maximum absolute atomic E-state index is 11.9. The third-order valence-electron chi connectivity index (χ3n) is 4.89. The Kier molecular flexibility index (Phi) is 5.14. The van der Waals surface area contributed by atoms with E-state index in [1.165, 1.54) is 11.8 Å². The largest absolute Gasteiger partial charge is 0.481 e. The van der Waals surface area contributed by atoms with Crippen LogP contribution < -0.4 is 10.1 Å². The SMILES string of the molecule is C#CCOc1ccc(CNC2CC3CCC(C2)N3S(C)(=O)=O)cc1. The first-order valence-electron chi connectivity index (χ1n) is 8.34. The van der Waals surface area contributed by atoms with E-state index in [0.717, 1.165) is 38.0 Å². The normalized spacial score (nSPS) is 26.9. The number of sulfonamides is 1. The lowest BCUT2D eigenvalue weighted by molar-refractivity contribution is 0.207. The van der Waals surface area contributed by atoms with E-state index < -0.39 is 10.0 Å². The van der Waals surface area contributed by atoms with Crippen LogP contribution in [-0.2, 0) is 16.6 Å². The molecule has 0 spiro atoms. The van der Waals surface area contributed by atoms with Crippen molar-refractivity contribution in [1.82, 2.24) is 9.62 Å². The summed E-state index contributed by atoms with van der Waals surface area (Å²) in [5, 5.41) is 3.58. The number of rotatable bonds is 6. The third kappa shape index (κ3) is 3.92. The maximum Gasteiger partial charge on any atom is 0.211 e. The lowest BCUT2D eigenvalue weighted by Crippen LogP contribution is -2.50. The van der Waals surface area contributed by atoms with Crippen LogP contribution in [0.2, 0.25) is 0 Å². The van der Waals surface area contributed by atoms with E-state index in [0.29, 0.717) is 6.04 Å². The summed E-state index contributed by atoms with van der Waals surface area (Å²) in [5.41, 5.74) is 1.18. The average Bonchev–Trinajstić information content (AvgIpc) is 2.84. The molecule has 1 aromatic rings. The Balaban J connectivity index is 1.53. The summed E-state index contributed by atoms with van der Waals surface area (Å²) in [7, 11) is -3.09. The number of nitrogens with one attached hydrogen (secondary N) is 1. The molecule has 3 rings (SSSR count). The Morgan fingerprint density at radius 3 is 2.42 bits per heavy atom. The van der Waals surface area contributed by atoms with Crippen LogP contribution in [0.3, 0.4) is 0 Å². The van der Waals surface area contributed by atoms with Crippen LogP contribution in [0, 0.1) is 12.3 Å². The van der Waals surface area contributed by atoms with Crippen LogP contribution in [-0.4, -0.2) is 43.7 Å². The van der Waals surface area contributed by atoms with Crippen molar-refractivity contribution in [3.63, 3.8) is 0 Å². The molecular weight excluding hydrogens is 324 g/mol. The van der Waals surface area contributed by atoms with E-state index in [1.807, 2.05) is 24.3 Å². The average molecular weight is 348 g/mol. The molecule has 2 bridgehead atoms. The summed E-state index contributed by atoms with van der Waals surface area (Å²) in [4.78, 5) is 0. The van der Waals surface area contributed by atoms with Crippen molar-refractivity contribution in [3.8, 4) is 18.1 Å². The van der Waals surface area contributed by atoms with Crippen molar-refractivity contribution in [2.45, 2.75) is 50.4 Å². The van der Waals surface area contributed by atoms with Gasteiger partial charge >= 0.3 is 0 Å². The van der Waals surface area contributed by atoms with Crippen LogP contribution >= 0.6 is 0 Å². The Hall–Kier alpha value is -1.55. The monoisotopic (exact) mass is 348 g/mol. The highest BCUT2D eigenvalue weighted by atomic mass is 32.2. The molecule has 0 radical (unpaired) electrons. The summed E-state index contributed by atoms with van der Waals surface area (Å²) >= 11 is 0. The van der Waals surface area contributed by atoms with Crippen molar-refractivity contribution in [3.05, 3.63) is 29.8 Å². The van der Waals surface area contributed by atoms with Crippen LogP contribution in [0.5, 0.6) is 5.75 Å². The zero-order valence-electron chi connectivity index (χ0n) is 13.9. The fourth-order valence-corrected chi connectivity index (χ4v) is 5.40. The Morgan fingerprint density at radius 1 is 1.25 bits per heavy atom. The van der Waals surface area contributed by atoms with Gasteiger partial charge in [0.2, 0.25) is 10.0 Å². The van der Waals surface area contributed by atoms with Crippen molar-refractivity contribution in [1.29, 1.82) is 0 Å². The Morgan fingerprint density at radius 2 is 1.88 bits per heavy atom. The zero-order valence-corrected chi connectivity index (χ0v) is 14.8. The molecule has 0 aliphatic carbocycles. The van der Waals surface area contributed by atoms with Crippen LogP contribution in [0.25, 0.3) is 0 Å². The molecule has 2 aliphatic heterocycles. The van der Waals surface area contributed by atoms with Crippen molar-refractivity contribution < 1.29 is 13.2 Å². The highest BCUT2D eigenvalue weighted by Gasteiger charge is 2.44. The first-order chi connectivity index (χ1) is 11.5. The van der Waals surface area contributed by atoms with E-state index >= 15 is 0 Å². The lowest BCUT2D eigenvalue weighted by atomic mass is 9.99. The predicted octanol–water partition coefficient (Wildman–Crippen LogP) is 1.74. The van der Waals surface area contributed by atoms with Gasteiger partial charge in [0, 0.05) is 24.7 Å². The van der Waals surface area contributed by atoms with Gasteiger partial charge in [-0.15, -0.1) is 6.42 Å². The van der Waals surface area contributed by atoms with E-state index in [4.69, 9.17) is 11.2 Å². The fourth-order valence-electron chi connectivity index (χ4n) is 3.93. The van der Waals surface area contributed by atoms with E-state index in [1.54, 1.807) is 4.31 Å². The Labute approximate surface area is 144 Å². The van der Waals surface area contributed by atoms with Crippen LogP contribution in [0.4, 0.5) is 0 Å². The molecule has 24 heavy (non-hydrogen) atoms. The summed E-state index contributed by atoms with van der Waals surface area (Å²) in [6.07, 6.45) is 10.3. The topological polar surface area (TPSA) is 58.6 Å². The van der Waals surface area contributed by atoms with E-state index in [9.17, 15) is 8.42 Å². The number of hydrogen-bond donors (Lipinski definition) is 1. The molecule has 2 unspecified atom stereocenters. The van der Waals surface area contributed by atoms with E-state index in [2.05, 4.69) is 11.2 Å². The molecule has 0 amide bonds. The summed E-state index contributed by atoms with van der Waals surface area (Å²) < 4.78 is 30.9. The number of ether oxygens (including phenoxy) is 1. The molecule has 1 aromatic carbocycles. The van der Waals surface area contributed by atoms with Gasteiger partial charge in [0.1, 0.15) is 12.4 Å². The molecule has 2 fully saturated rings. The van der Waals surface area contributed by atoms with Gasteiger partial charge in [-0.25, -0.2) is 8.42 Å². The van der Waals surface area contributed by atoms with Gasteiger partial charge in [-0.05, 0) is 43.4 Å². The first kappa shape index (κ1) is 17.3. The molecule has 130 valence electrons. The minimum absolute atomic E-state index is 0.163. The Bertz CT molecular complexity index is 695. The van der Waals surface area contributed by atoms with Gasteiger partial charge in [-0.2, -0.15) is 4.31 Å². The van der Waals surface area contributed by atoms with Crippen molar-refractivity contribution in [2.75, 3.05) is 12.9 Å². The molecule has 0 saturated carbocycles. The van der Waals surface area contributed by atoms with Crippen LogP contribution in [0.15, 0.2) is 24.3 Å². The number of hydrogen-bond acceptors (Lipinski definition) is 4.